The molecule has 7 heteroatoms. The highest BCUT2D eigenvalue weighted by Gasteiger charge is 2.64. The van der Waals surface area contributed by atoms with Crippen LogP contribution < -0.4 is 4.90 Å². The third-order valence-corrected chi connectivity index (χ3v) is 6.23. The third kappa shape index (κ3) is 2.68. The van der Waals surface area contributed by atoms with Gasteiger partial charge in [-0.05, 0) is 30.3 Å². The van der Waals surface area contributed by atoms with Gasteiger partial charge in [-0.1, -0.05) is 52.3 Å². The van der Waals surface area contributed by atoms with Crippen molar-refractivity contribution in [2.45, 2.75) is 12.1 Å². The predicted molar refractivity (Wildman–Crippen MR) is 111 cm³/mol. The van der Waals surface area contributed by atoms with Crippen LogP contribution in [0.25, 0.3) is 0 Å². The number of carbonyl (C=O) groups is 3. The van der Waals surface area contributed by atoms with Crippen LogP contribution in [0.3, 0.4) is 0 Å². The van der Waals surface area contributed by atoms with Gasteiger partial charge in [0.2, 0.25) is 11.8 Å². The summed E-state index contributed by atoms with van der Waals surface area (Å²) in [6, 6.07) is 14.6. The standard InChI is InChI=1S/C22H16BrN3O3/c23-14-8-10-15(11-9-14)25-21(28)17-16-7-4-12-24-26(16)19(18(17)22(25)29)20(27)13-5-2-1-3-6-13/h1-12,16-19H/t16-,17-,18-,19-/m1/s1. The minimum absolute atomic E-state index is 0.200. The van der Waals surface area contributed by atoms with Crippen LogP contribution in [0.2, 0.25) is 0 Å². The number of allylic oxidation sites excluding steroid dienone is 1. The van der Waals surface area contributed by atoms with Gasteiger partial charge >= 0.3 is 0 Å². The van der Waals surface area contributed by atoms with Gasteiger partial charge in [-0.15, -0.1) is 0 Å². The maximum absolute atomic E-state index is 13.4. The van der Waals surface area contributed by atoms with Gasteiger partial charge in [0.05, 0.1) is 23.6 Å². The Balaban J connectivity index is 1.58. The summed E-state index contributed by atoms with van der Waals surface area (Å²) in [6.45, 7) is 0. The lowest BCUT2D eigenvalue weighted by Gasteiger charge is -2.30. The maximum Gasteiger partial charge on any atom is 0.240 e. The predicted octanol–water partition coefficient (Wildman–Crippen LogP) is 3.05. The fraction of sp³-hybridized carbons (Fsp3) is 0.182. The van der Waals surface area contributed by atoms with Gasteiger partial charge in [-0.2, -0.15) is 5.10 Å². The highest BCUT2D eigenvalue weighted by Crippen LogP contribution is 2.46. The fourth-order valence-electron chi connectivity index (χ4n) is 4.46. The lowest BCUT2D eigenvalue weighted by Crippen LogP contribution is -2.46. The molecular weight excluding hydrogens is 434 g/mol. The number of fused-ring (bicyclic) bond motifs is 3. The van der Waals surface area contributed by atoms with E-state index < -0.39 is 23.9 Å². The molecule has 2 aromatic rings. The molecule has 3 heterocycles. The van der Waals surface area contributed by atoms with Gasteiger partial charge in [0, 0.05) is 16.3 Å². The van der Waals surface area contributed by atoms with Crippen LogP contribution in [0.1, 0.15) is 10.4 Å². The summed E-state index contributed by atoms with van der Waals surface area (Å²) in [5.41, 5.74) is 1.02. The number of rotatable bonds is 3. The number of hydrogen-bond donors (Lipinski definition) is 0. The number of Topliss-reactive ketones (excluding diaryl/α,β-unsaturated/α-hetero) is 1. The monoisotopic (exact) mass is 449 g/mol. The van der Waals surface area contributed by atoms with Crippen molar-refractivity contribution in [2.24, 2.45) is 16.9 Å². The molecule has 0 saturated carbocycles. The van der Waals surface area contributed by atoms with Crippen molar-refractivity contribution in [1.29, 1.82) is 0 Å². The smallest absolute Gasteiger partial charge is 0.240 e. The quantitative estimate of drug-likeness (QED) is 0.533. The number of hydrazone groups is 1. The third-order valence-electron chi connectivity index (χ3n) is 5.70. The van der Waals surface area contributed by atoms with E-state index in [1.54, 1.807) is 65.8 Å². The number of ketones is 1. The number of benzene rings is 2. The van der Waals surface area contributed by atoms with E-state index in [4.69, 9.17) is 0 Å². The first-order chi connectivity index (χ1) is 14.1. The first-order valence-electron chi connectivity index (χ1n) is 9.29. The first-order valence-corrected chi connectivity index (χ1v) is 10.1. The van der Waals surface area contributed by atoms with Crippen molar-refractivity contribution in [2.75, 3.05) is 4.90 Å². The van der Waals surface area contributed by atoms with E-state index in [-0.39, 0.29) is 17.6 Å². The van der Waals surface area contributed by atoms with E-state index in [1.807, 2.05) is 12.1 Å². The number of nitrogens with zero attached hydrogens (tertiary/aromatic N) is 3. The molecule has 6 nitrogen and oxygen atoms in total. The lowest BCUT2D eigenvalue weighted by atomic mass is 9.86. The van der Waals surface area contributed by atoms with Crippen LogP contribution in [-0.2, 0) is 9.59 Å². The molecule has 3 aliphatic heterocycles. The second kappa shape index (κ2) is 6.77. The molecule has 2 aromatic carbocycles. The summed E-state index contributed by atoms with van der Waals surface area (Å²) in [7, 11) is 0. The molecule has 0 radical (unpaired) electrons. The van der Waals surface area contributed by atoms with Gasteiger partial charge in [0.25, 0.3) is 0 Å². The summed E-state index contributed by atoms with van der Waals surface area (Å²) < 4.78 is 0.855. The summed E-state index contributed by atoms with van der Waals surface area (Å²) in [4.78, 5) is 41.3. The second-order valence-corrected chi connectivity index (χ2v) is 8.15. The first kappa shape index (κ1) is 18.0. The lowest BCUT2D eigenvalue weighted by molar-refractivity contribution is -0.123. The molecule has 5 rings (SSSR count). The molecule has 0 N–H and O–H groups in total. The highest BCUT2D eigenvalue weighted by molar-refractivity contribution is 9.10. The topological polar surface area (TPSA) is 70.0 Å². The van der Waals surface area contributed by atoms with Gasteiger partial charge < -0.3 is 0 Å². The molecular formula is C22H16BrN3O3. The zero-order valence-corrected chi connectivity index (χ0v) is 16.8. The van der Waals surface area contributed by atoms with Crippen molar-refractivity contribution >= 4 is 45.4 Å². The molecule has 0 aliphatic carbocycles. The highest BCUT2D eigenvalue weighted by atomic mass is 79.9. The Labute approximate surface area is 175 Å². The second-order valence-electron chi connectivity index (χ2n) is 7.24. The van der Waals surface area contributed by atoms with Gasteiger partial charge in [-0.25, -0.2) is 4.90 Å². The number of halogens is 1. The number of imide groups is 1. The van der Waals surface area contributed by atoms with Crippen molar-refractivity contribution in [3.05, 3.63) is 76.8 Å². The molecule has 3 aliphatic rings. The minimum Gasteiger partial charge on any atom is -0.292 e. The van der Waals surface area contributed by atoms with Crippen LogP contribution in [-0.4, -0.2) is 40.9 Å². The zero-order chi connectivity index (χ0) is 20.1. The molecule has 2 saturated heterocycles. The van der Waals surface area contributed by atoms with Crippen LogP contribution >= 0.6 is 15.9 Å². The number of carbonyl (C=O) groups excluding carboxylic acids is 3. The van der Waals surface area contributed by atoms with E-state index >= 15 is 0 Å². The Morgan fingerprint density at radius 2 is 1.62 bits per heavy atom. The van der Waals surface area contributed by atoms with Crippen molar-refractivity contribution in [3.8, 4) is 0 Å². The Bertz CT molecular complexity index is 1060. The molecule has 4 atom stereocenters. The Morgan fingerprint density at radius 3 is 2.34 bits per heavy atom. The average molecular weight is 450 g/mol. The minimum atomic E-state index is -0.814. The average Bonchev–Trinajstić information content (AvgIpc) is 3.22. The van der Waals surface area contributed by atoms with Crippen molar-refractivity contribution in [1.82, 2.24) is 5.01 Å². The number of hydrogen-bond acceptors (Lipinski definition) is 5. The largest absolute Gasteiger partial charge is 0.292 e. The van der Waals surface area contributed by atoms with E-state index in [9.17, 15) is 14.4 Å². The van der Waals surface area contributed by atoms with Crippen LogP contribution in [0.5, 0.6) is 0 Å². The van der Waals surface area contributed by atoms with Gasteiger partial charge in [0.1, 0.15) is 6.04 Å². The molecule has 29 heavy (non-hydrogen) atoms. The van der Waals surface area contributed by atoms with E-state index in [2.05, 4.69) is 21.0 Å². The van der Waals surface area contributed by atoms with E-state index in [0.717, 1.165) is 4.47 Å². The van der Waals surface area contributed by atoms with Crippen LogP contribution in [0.15, 0.2) is 76.3 Å². The Hall–Kier alpha value is -3.06. The Morgan fingerprint density at radius 1 is 0.931 bits per heavy atom. The number of anilines is 1. The molecule has 144 valence electrons. The summed E-state index contributed by atoms with van der Waals surface area (Å²) >= 11 is 3.37. The molecule has 0 aromatic heterocycles. The van der Waals surface area contributed by atoms with Gasteiger partial charge in [-0.3, -0.25) is 19.4 Å². The maximum atomic E-state index is 13.4. The summed E-state index contributed by atoms with van der Waals surface area (Å²) in [5.74, 6) is -2.26. The SMILES string of the molecule is O=C(c1ccccc1)[C@H]1[C@@H]2C(=O)N(c3ccc(Br)cc3)C(=O)[C@@H]2[C@H]2C=CC=NN21. The summed E-state index contributed by atoms with van der Waals surface area (Å²) in [6.07, 6.45) is 5.19. The normalized spacial score (nSPS) is 27.3. The Kier molecular flexibility index (Phi) is 4.20. The van der Waals surface area contributed by atoms with Crippen LogP contribution in [0, 0.1) is 11.8 Å². The van der Waals surface area contributed by atoms with E-state index in [0.29, 0.717) is 11.3 Å². The number of amides is 2. The summed E-state index contributed by atoms with van der Waals surface area (Å²) in [5, 5.41) is 5.98. The molecule has 2 amide bonds. The van der Waals surface area contributed by atoms with Crippen molar-refractivity contribution in [3.63, 3.8) is 0 Å². The van der Waals surface area contributed by atoms with Crippen LogP contribution in [0.4, 0.5) is 5.69 Å². The molecule has 0 spiro atoms. The molecule has 0 bridgehead atoms. The van der Waals surface area contributed by atoms with Crippen molar-refractivity contribution < 1.29 is 14.4 Å². The zero-order valence-electron chi connectivity index (χ0n) is 15.2. The van der Waals surface area contributed by atoms with E-state index in [1.165, 1.54) is 4.90 Å². The fourth-order valence-corrected chi connectivity index (χ4v) is 4.72. The molecule has 2 fully saturated rings. The van der Waals surface area contributed by atoms with Gasteiger partial charge in [0.15, 0.2) is 5.78 Å². The molecule has 0 unspecified atom stereocenters.